The Morgan fingerprint density at radius 1 is 1.55 bits per heavy atom. The van der Waals surface area contributed by atoms with Crippen molar-refractivity contribution in [3.8, 4) is 0 Å². The molecular formula is C13H18N2O4S. The Bertz CT molecular complexity index is 524. The van der Waals surface area contributed by atoms with E-state index in [2.05, 4.69) is 4.98 Å². The number of hydrogen-bond donors (Lipinski definition) is 1. The first-order valence-electron chi connectivity index (χ1n) is 6.46. The zero-order chi connectivity index (χ0) is 14.9. The molecule has 0 saturated heterocycles. The van der Waals surface area contributed by atoms with Crippen LogP contribution in [0.5, 0.6) is 0 Å². The molecule has 1 aromatic heterocycles. The number of aliphatic carboxylic acids is 1. The maximum absolute atomic E-state index is 12.6. The van der Waals surface area contributed by atoms with Gasteiger partial charge >= 0.3 is 5.97 Å². The zero-order valence-corrected chi connectivity index (χ0v) is 12.6. The minimum atomic E-state index is -0.982. The minimum absolute atomic E-state index is 0.0426. The number of aromatic nitrogens is 1. The van der Waals surface area contributed by atoms with Crippen molar-refractivity contribution in [3.63, 3.8) is 0 Å². The molecule has 2 rings (SSSR count). The van der Waals surface area contributed by atoms with Crippen LogP contribution in [0, 0.1) is 6.92 Å². The van der Waals surface area contributed by atoms with Crippen LogP contribution in [-0.4, -0.2) is 46.1 Å². The van der Waals surface area contributed by atoms with E-state index in [9.17, 15) is 9.59 Å². The Hall–Kier alpha value is -1.47. The number of ether oxygens (including phenoxy) is 1. The third kappa shape index (κ3) is 2.99. The standard InChI is InChI=1S/C13H18N2O4S/c1-7-11(20-10(14-7)6-19-3)12(16)15(9-4-5-9)8(2)13(17)18/h8-9H,4-6H2,1-3H3,(H,17,18). The molecule has 1 amide bonds. The van der Waals surface area contributed by atoms with Gasteiger partial charge in [0.25, 0.3) is 5.91 Å². The number of amides is 1. The number of nitrogens with zero attached hydrogens (tertiary/aromatic N) is 2. The van der Waals surface area contributed by atoms with Gasteiger partial charge in [0.2, 0.25) is 0 Å². The number of carbonyl (C=O) groups is 2. The molecule has 1 aromatic rings. The van der Waals surface area contributed by atoms with Crippen molar-refractivity contribution >= 4 is 23.2 Å². The molecule has 1 N–H and O–H groups in total. The van der Waals surface area contributed by atoms with Gasteiger partial charge in [0.15, 0.2) is 0 Å². The summed E-state index contributed by atoms with van der Waals surface area (Å²) in [6.07, 6.45) is 1.73. The molecule has 1 aliphatic rings. The highest BCUT2D eigenvalue weighted by Crippen LogP contribution is 2.32. The fourth-order valence-corrected chi connectivity index (χ4v) is 3.06. The molecule has 0 spiro atoms. The lowest BCUT2D eigenvalue weighted by Crippen LogP contribution is -2.44. The lowest BCUT2D eigenvalue weighted by molar-refractivity contribution is -0.141. The molecule has 20 heavy (non-hydrogen) atoms. The number of hydrogen-bond acceptors (Lipinski definition) is 5. The maximum Gasteiger partial charge on any atom is 0.326 e. The van der Waals surface area contributed by atoms with E-state index >= 15 is 0 Å². The Kier molecular flexibility index (Phi) is 4.39. The largest absolute Gasteiger partial charge is 0.480 e. The second-order valence-corrected chi connectivity index (χ2v) is 6.00. The summed E-state index contributed by atoms with van der Waals surface area (Å²) < 4.78 is 5.01. The van der Waals surface area contributed by atoms with Crippen LogP contribution in [0.1, 0.15) is 40.1 Å². The van der Waals surface area contributed by atoms with Crippen molar-refractivity contribution in [3.05, 3.63) is 15.6 Å². The van der Waals surface area contributed by atoms with Crippen LogP contribution in [0.4, 0.5) is 0 Å². The van der Waals surface area contributed by atoms with Crippen LogP contribution < -0.4 is 0 Å². The summed E-state index contributed by atoms with van der Waals surface area (Å²) in [5, 5.41) is 9.89. The first kappa shape index (κ1) is 14.9. The smallest absolute Gasteiger partial charge is 0.326 e. The van der Waals surface area contributed by atoms with E-state index in [0.29, 0.717) is 17.2 Å². The molecule has 1 aliphatic carbocycles. The van der Waals surface area contributed by atoms with Gasteiger partial charge in [0.1, 0.15) is 15.9 Å². The summed E-state index contributed by atoms with van der Waals surface area (Å²) >= 11 is 1.27. The Morgan fingerprint density at radius 2 is 2.20 bits per heavy atom. The third-order valence-electron chi connectivity index (χ3n) is 3.25. The summed E-state index contributed by atoms with van der Waals surface area (Å²) in [5.41, 5.74) is 0.635. The summed E-state index contributed by atoms with van der Waals surface area (Å²) in [5.74, 6) is -1.22. The van der Waals surface area contributed by atoms with E-state index in [0.717, 1.165) is 17.8 Å². The Labute approximate surface area is 121 Å². The Morgan fingerprint density at radius 3 is 2.70 bits per heavy atom. The van der Waals surface area contributed by atoms with Gasteiger partial charge in [-0.05, 0) is 26.7 Å². The lowest BCUT2D eigenvalue weighted by Gasteiger charge is -2.26. The van der Waals surface area contributed by atoms with Crippen molar-refractivity contribution in [2.24, 2.45) is 0 Å². The average molecular weight is 298 g/mol. The van der Waals surface area contributed by atoms with Crippen LogP contribution in [0.2, 0.25) is 0 Å². The first-order valence-corrected chi connectivity index (χ1v) is 7.28. The number of aryl methyl sites for hydroxylation is 1. The molecule has 0 radical (unpaired) electrons. The highest BCUT2D eigenvalue weighted by Gasteiger charge is 2.39. The molecular weight excluding hydrogens is 280 g/mol. The quantitative estimate of drug-likeness (QED) is 0.864. The molecule has 0 bridgehead atoms. The summed E-state index contributed by atoms with van der Waals surface area (Å²) in [6, 6.07) is -0.775. The number of rotatable bonds is 6. The van der Waals surface area contributed by atoms with Gasteiger partial charge in [0, 0.05) is 13.2 Å². The van der Waals surface area contributed by atoms with Gasteiger partial charge in [-0.2, -0.15) is 0 Å². The number of carboxylic acid groups (broad SMARTS) is 1. The van der Waals surface area contributed by atoms with Gasteiger partial charge in [-0.3, -0.25) is 4.79 Å². The Balaban J connectivity index is 2.25. The molecule has 1 fully saturated rings. The summed E-state index contributed by atoms with van der Waals surface area (Å²) in [6.45, 7) is 3.67. The number of methoxy groups -OCH3 is 1. The van der Waals surface area contributed by atoms with Crippen molar-refractivity contribution in [2.75, 3.05) is 7.11 Å². The fourth-order valence-electron chi connectivity index (χ4n) is 2.08. The number of carboxylic acids is 1. The first-order chi connectivity index (χ1) is 9.45. The van der Waals surface area contributed by atoms with E-state index in [-0.39, 0.29) is 11.9 Å². The molecule has 7 heteroatoms. The van der Waals surface area contributed by atoms with E-state index in [4.69, 9.17) is 9.84 Å². The molecule has 0 aromatic carbocycles. The molecule has 1 unspecified atom stereocenters. The van der Waals surface area contributed by atoms with Crippen LogP contribution in [0.15, 0.2) is 0 Å². The molecule has 1 heterocycles. The predicted molar refractivity (Wildman–Crippen MR) is 73.9 cm³/mol. The average Bonchev–Trinajstić information content (AvgIpc) is 3.13. The van der Waals surface area contributed by atoms with E-state index in [1.54, 1.807) is 21.0 Å². The summed E-state index contributed by atoms with van der Waals surface area (Å²) in [4.78, 5) is 30.0. The molecule has 1 saturated carbocycles. The van der Waals surface area contributed by atoms with Crippen molar-refractivity contribution in [1.82, 2.24) is 9.88 Å². The van der Waals surface area contributed by atoms with Crippen LogP contribution in [-0.2, 0) is 16.1 Å². The van der Waals surface area contributed by atoms with Crippen molar-refractivity contribution < 1.29 is 19.4 Å². The number of thiazole rings is 1. The van der Waals surface area contributed by atoms with Crippen molar-refractivity contribution in [2.45, 2.75) is 45.4 Å². The SMILES string of the molecule is COCc1nc(C)c(C(=O)N(C2CC2)C(C)C(=O)O)s1. The molecule has 0 aliphatic heterocycles. The van der Waals surface area contributed by atoms with Gasteiger partial charge in [-0.25, -0.2) is 9.78 Å². The maximum atomic E-state index is 12.6. The highest BCUT2D eigenvalue weighted by atomic mass is 32.1. The third-order valence-corrected chi connectivity index (χ3v) is 4.37. The predicted octanol–water partition coefficient (Wildman–Crippen LogP) is 1.68. The second-order valence-electron chi connectivity index (χ2n) is 4.91. The van der Waals surface area contributed by atoms with Gasteiger partial charge in [0.05, 0.1) is 12.3 Å². The zero-order valence-electron chi connectivity index (χ0n) is 11.8. The fraction of sp³-hybridized carbons (Fsp3) is 0.615. The lowest BCUT2D eigenvalue weighted by atomic mass is 10.2. The van der Waals surface area contributed by atoms with E-state index in [1.807, 2.05) is 0 Å². The van der Waals surface area contributed by atoms with E-state index < -0.39 is 12.0 Å². The van der Waals surface area contributed by atoms with E-state index in [1.165, 1.54) is 16.2 Å². The van der Waals surface area contributed by atoms with Gasteiger partial charge < -0.3 is 14.7 Å². The monoisotopic (exact) mass is 298 g/mol. The molecule has 6 nitrogen and oxygen atoms in total. The van der Waals surface area contributed by atoms with Crippen LogP contribution in [0.25, 0.3) is 0 Å². The molecule has 1 atom stereocenters. The normalized spacial score (nSPS) is 15.9. The summed E-state index contributed by atoms with van der Waals surface area (Å²) in [7, 11) is 1.57. The highest BCUT2D eigenvalue weighted by molar-refractivity contribution is 7.13. The molecule has 110 valence electrons. The van der Waals surface area contributed by atoms with Gasteiger partial charge in [-0.1, -0.05) is 0 Å². The van der Waals surface area contributed by atoms with Crippen LogP contribution >= 0.6 is 11.3 Å². The second kappa shape index (κ2) is 5.88. The minimum Gasteiger partial charge on any atom is -0.480 e. The topological polar surface area (TPSA) is 79.7 Å². The van der Waals surface area contributed by atoms with Crippen LogP contribution in [0.3, 0.4) is 0 Å². The number of carbonyl (C=O) groups excluding carboxylic acids is 1. The van der Waals surface area contributed by atoms with Crippen molar-refractivity contribution in [1.29, 1.82) is 0 Å². The van der Waals surface area contributed by atoms with Gasteiger partial charge in [-0.15, -0.1) is 11.3 Å².